The summed E-state index contributed by atoms with van der Waals surface area (Å²) in [7, 11) is 0. The van der Waals surface area contributed by atoms with E-state index in [1.807, 2.05) is 12.1 Å². The summed E-state index contributed by atoms with van der Waals surface area (Å²) in [4.78, 5) is 7.00. The van der Waals surface area contributed by atoms with Gasteiger partial charge >= 0.3 is 6.18 Å². The van der Waals surface area contributed by atoms with Crippen molar-refractivity contribution in [1.29, 1.82) is 0 Å². The molecule has 2 aliphatic carbocycles. The van der Waals surface area contributed by atoms with Gasteiger partial charge in [0.25, 0.3) is 0 Å². The molecule has 1 aliphatic heterocycles. The van der Waals surface area contributed by atoms with Crippen LogP contribution in [0.15, 0.2) is 24.4 Å². The Morgan fingerprint density at radius 1 is 1.09 bits per heavy atom. The first kappa shape index (κ1) is 21.9. The summed E-state index contributed by atoms with van der Waals surface area (Å²) >= 11 is 6.03. The zero-order valence-electron chi connectivity index (χ0n) is 18.4. The topological polar surface area (TPSA) is 68.4 Å². The maximum atomic E-state index is 12.8. The average molecular weight is 493 g/mol. The third kappa shape index (κ3) is 4.28. The molecule has 180 valence electrons. The highest BCUT2D eigenvalue weighted by atomic mass is 35.5. The van der Waals surface area contributed by atoms with Gasteiger partial charge in [-0.3, -0.25) is 0 Å². The summed E-state index contributed by atoms with van der Waals surface area (Å²) in [5.74, 6) is 2.59. The second-order valence-electron chi connectivity index (χ2n) is 9.67. The number of ether oxygens (including phenoxy) is 1. The van der Waals surface area contributed by atoms with Crippen LogP contribution in [0, 0.1) is 17.8 Å². The van der Waals surface area contributed by atoms with Crippen molar-refractivity contribution in [1.82, 2.24) is 24.8 Å². The molecule has 3 aliphatic rings. The number of nitrogens with zero attached hydrogens (tertiary/aromatic N) is 6. The Morgan fingerprint density at radius 2 is 1.85 bits per heavy atom. The van der Waals surface area contributed by atoms with Gasteiger partial charge in [0.2, 0.25) is 0 Å². The van der Waals surface area contributed by atoms with Gasteiger partial charge in [-0.1, -0.05) is 11.6 Å². The predicted octanol–water partition coefficient (Wildman–Crippen LogP) is 4.70. The first-order valence-corrected chi connectivity index (χ1v) is 12.0. The van der Waals surface area contributed by atoms with Gasteiger partial charge in [-0.15, -0.1) is 5.10 Å². The van der Waals surface area contributed by atoms with E-state index in [-0.39, 0.29) is 5.75 Å². The fourth-order valence-corrected chi connectivity index (χ4v) is 5.80. The molecule has 0 spiro atoms. The van der Waals surface area contributed by atoms with E-state index in [9.17, 15) is 13.2 Å². The number of piperidine rings is 1. The molecule has 0 N–H and O–H groups in total. The molecule has 3 fully saturated rings. The van der Waals surface area contributed by atoms with Crippen molar-refractivity contribution in [3.8, 4) is 5.75 Å². The van der Waals surface area contributed by atoms with Crippen LogP contribution >= 0.6 is 11.6 Å². The van der Waals surface area contributed by atoms with Gasteiger partial charge in [-0.05, 0) is 55.6 Å². The Hall–Kier alpha value is -2.62. The molecule has 7 nitrogen and oxygen atoms in total. The molecule has 1 unspecified atom stereocenters. The van der Waals surface area contributed by atoms with E-state index in [0.717, 1.165) is 50.2 Å². The highest BCUT2D eigenvalue weighted by Gasteiger charge is 2.43. The van der Waals surface area contributed by atoms with Gasteiger partial charge in [0, 0.05) is 37.2 Å². The van der Waals surface area contributed by atoms with E-state index in [0.29, 0.717) is 46.7 Å². The van der Waals surface area contributed by atoms with Crippen LogP contribution in [0.2, 0.25) is 5.15 Å². The lowest BCUT2D eigenvalue weighted by atomic mass is 9.82. The minimum atomic E-state index is -4.41. The number of alkyl halides is 3. The molecule has 6 rings (SSSR count). The van der Waals surface area contributed by atoms with Crippen molar-refractivity contribution in [2.24, 2.45) is 17.8 Å². The predicted molar refractivity (Wildman–Crippen MR) is 119 cm³/mol. The number of hydrogen-bond acceptors (Lipinski definition) is 6. The summed E-state index contributed by atoms with van der Waals surface area (Å²) in [6.07, 6.45) is 2.45. The van der Waals surface area contributed by atoms with Crippen LogP contribution in [0.4, 0.5) is 18.9 Å². The van der Waals surface area contributed by atoms with Gasteiger partial charge < -0.3 is 9.64 Å². The van der Waals surface area contributed by atoms with Crippen LogP contribution in [-0.2, 0) is 6.42 Å². The fraction of sp³-hybridized carbons (Fsp3) is 0.565. The molecule has 3 aromatic rings. The first-order valence-electron chi connectivity index (χ1n) is 11.7. The Bertz CT molecular complexity index is 1200. The smallest absolute Gasteiger partial charge is 0.422 e. The molecule has 0 aromatic carbocycles. The third-order valence-corrected chi connectivity index (χ3v) is 7.52. The normalized spacial score (nSPS) is 24.7. The van der Waals surface area contributed by atoms with Crippen molar-refractivity contribution in [3.05, 3.63) is 41.1 Å². The Morgan fingerprint density at radius 3 is 2.53 bits per heavy atom. The van der Waals surface area contributed by atoms with E-state index < -0.39 is 12.8 Å². The molecular weight excluding hydrogens is 469 g/mol. The number of hydrogen-bond donors (Lipinski definition) is 0. The Labute approximate surface area is 199 Å². The molecule has 2 saturated carbocycles. The number of anilines is 1. The molecule has 34 heavy (non-hydrogen) atoms. The SMILES string of the molecule is FC(F)(F)COc1ccc(C2CC2)n2nc(CC3[C@@H]4CC[C@H]3CN(c3cnnc(Cl)c3)C4)nc12. The zero-order chi connectivity index (χ0) is 23.4. The number of aromatic nitrogens is 5. The van der Waals surface area contributed by atoms with Crippen LogP contribution in [-0.4, -0.2) is 50.7 Å². The summed E-state index contributed by atoms with van der Waals surface area (Å²) in [6, 6.07) is 5.27. The fourth-order valence-electron chi connectivity index (χ4n) is 5.64. The van der Waals surface area contributed by atoms with Crippen LogP contribution in [0.5, 0.6) is 5.75 Å². The van der Waals surface area contributed by atoms with Crippen LogP contribution < -0.4 is 9.64 Å². The average Bonchev–Trinajstić information content (AvgIpc) is 3.50. The highest BCUT2D eigenvalue weighted by Crippen LogP contribution is 2.45. The monoisotopic (exact) mass is 492 g/mol. The maximum absolute atomic E-state index is 12.8. The zero-order valence-corrected chi connectivity index (χ0v) is 19.1. The second-order valence-corrected chi connectivity index (χ2v) is 10.1. The molecule has 0 amide bonds. The second kappa shape index (κ2) is 8.25. The van der Waals surface area contributed by atoms with Crippen LogP contribution in [0.1, 0.15) is 43.1 Å². The van der Waals surface area contributed by atoms with Crippen LogP contribution in [0.25, 0.3) is 5.65 Å². The third-order valence-electron chi connectivity index (χ3n) is 7.33. The lowest BCUT2D eigenvalue weighted by Crippen LogP contribution is -2.42. The van der Waals surface area contributed by atoms with Crippen molar-refractivity contribution >= 4 is 22.9 Å². The summed E-state index contributed by atoms with van der Waals surface area (Å²) in [5.41, 5.74) is 2.36. The van der Waals surface area contributed by atoms with E-state index >= 15 is 0 Å². The van der Waals surface area contributed by atoms with Gasteiger partial charge in [-0.2, -0.15) is 23.4 Å². The molecule has 3 aromatic heterocycles. The molecule has 1 saturated heterocycles. The van der Waals surface area contributed by atoms with Crippen molar-refractivity contribution in [3.63, 3.8) is 0 Å². The quantitative estimate of drug-likeness (QED) is 0.497. The first-order chi connectivity index (χ1) is 16.3. The van der Waals surface area contributed by atoms with Crippen molar-refractivity contribution in [2.45, 2.75) is 44.2 Å². The van der Waals surface area contributed by atoms with Crippen molar-refractivity contribution in [2.75, 3.05) is 24.6 Å². The van der Waals surface area contributed by atoms with Gasteiger partial charge in [0.1, 0.15) is 0 Å². The minimum Gasteiger partial charge on any atom is -0.480 e. The number of pyridine rings is 1. The Kier molecular flexibility index (Phi) is 5.31. The standard InChI is InChI=1S/C23H24ClF3N6O/c24-20-7-16(9-28-30-20)32-10-14-3-4-15(11-32)17(14)8-21-29-22-19(34-12-23(25,26)27)6-5-18(13-1-2-13)33(22)31-21/h5-7,9,13-15,17H,1-4,8,10-12H2/t14-,15+,17?. The molecule has 11 heteroatoms. The van der Waals surface area contributed by atoms with Gasteiger partial charge in [0.15, 0.2) is 29.0 Å². The van der Waals surface area contributed by atoms with E-state index in [1.165, 1.54) is 0 Å². The molecular formula is C23H24ClF3N6O. The lowest BCUT2D eigenvalue weighted by Gasteiger charge is -2.38. The highest BCUT2D eigenvalue weighted by molar-refractivity contribution is 6.29. The minimum absolute atomic E-state index is 0.125. The van der Waals surface area contributed by atoms with Crippen LogP contribution in [0.3, 0.4) is 0 Å². The number of rotatable bonds is 6. The summed E-state index contributed by atoms with van der Waals surface area (Å²) in [6.45, 7) is 0.470. The van der Waals surface area contributed by atoms with E-state index in [2.05, 4.69) is 20.1 Å². The van der Waals surface area contributed by atoms with E-state index in [1.54, 1.807) is 16.8 Å². The number of halogens is 4. The summed E-state index contributed by atoms with van der Waals surface area (Å²) in [5, 5.41) is 13.0. The largest absolute Gasteiger partial charge is 0.480 e. The summed E-state index contributed by atoms with van der Waals surface area (Å²) < 4.78 is 45.1. The Balaban J connectivity index is 1.24. The molecule has 2 bridgehead atoms. The van der Waals surface area contributed by atoms with Gasteiger partial charge in [0.05, 0.1) is 11.9 Å². The maximum Gasteiger partial charge on any atom is 0.422 e. The molecule has 4 heterocycles. The number of fused-ring (bicyclic) bond motifs is 3. The van der Waals surface area contributed by atoms with Gasteiger partial charge in [-0.25, -0.2) is 9.50 Å². The molecule has 3 atom stereocenters. The molecule has 0 radical (unpaired) electrons. The van der Waals surface area contributed by atoms with E-state index in [4.69, 9.17) is 21.4 Å². The lowest BCUT2D eigenvalue weighted by molar-refractivity contribution is -0.153. The van der Waals surface area contributed by atoms with Crippen molar-refractivity contribution < 1.29 is 17.9 Å².